The lowest BCUT2D eigenvalue weighted by Gasteiger charge is -2.12. The molecule has 1 atom stereocenters. The first-order chi connectivity index (χ1) is 13.5. The number of thiophene rings is 1. The molecular weight excluding hydrogens is 394 g/mol. The van der Waals surface area contributed by atoms with Gasteiger partial charge < -0.3 is 10.1 Å². The van der Waals surface area contributed by atoms with Crippen LogP contribution in [-0.4, -0.2) is 23.0 Å². The van der Waals surface area contributed by atoms with Crippen LogP contribution in [0.5, 0.6) is 0 Å². The predicted octanol–water partition coefficient (Wildman–Crippen LogP) is 4.16. The minimum atomic E-state index is -0.976. The van der Waals surface area contributed by atoms with Crippen LogP contribution in [0.3, 0.4) is 0 Å². The maximum absolute atomic E-state index is 12.2. The summed E-state index contributed by atoms with van der Waals surface area (Å²) in [5.41, 5.74) is 3.14. The van der Waals surface area contributed by atoms with Crippen LogP contribution in [0.25, 0.3) is 10.6 Å². The van der Waals surface area contributed by atoms with E-state index < -0.39 is 18.0 Å². The van der Waals surface area contributed by atoms with E-state index in [0.29, 0.717) is 16.3 Å². The molecule has 0 saturated carbocycles. The molecule has 2 aromatic heterocycles. The van der Waals surface area contributed by atoms with E-state index in [1.54, 1.807) is 11.4 Å². The molecule has 3 rings (SSSR count). The summed E-state index contributed by atoms with van der Waals surface area (Å²) in [5, 5.41) is 16.4. The Bertz CT molecular complexity index is 1030. The van der Waals surface area contributed by atoms with E-state index in [1.165, 1.54) is 35.2 Å². The number of aryl methyl sites for hydroxylation is 1. The lowest BCUT2D eigenvalue weighted by atomic mass is 10.2. The molecule has 1 N–H and O–H groups in total. The van der Waals surface area contributed by atoms with Crippen molar-refractivity contribution < 1.29 is 14.3 Å². The molecule has 0 aliphatic heterocycles. The zero-order valence-corrected chi connectivity index (χ0v) is 16.9. The van der Waals surface area contributed by atoms with Crippen molar-refractivity contribution in [2.75, 3.05) is 5.32 Å². The third kappa shape index (κ3) is 4.82. The number of anilines is 1. The van der Waals surface area contributed by atoms with Crippen molar-refractivity contribution >= 4 is 39.6 Å². The van der Waals surface area contributed by atoms with Crippen molar-refractivity contribution in [3.63, 3.8) is 0 Å². The number of carbonyl (C=O) groups is 2. The first-order valence-corrected chi connectivity index (χ1v) is 10.2. The molecule has 0 aliphatic carbocycles. The lowest BCUT2D eigenvalue weighted by molar-refractivity contribution is -0.152. The molecule has 28 heavy (non-hydrogen) atoms. The van der Waals surface area contributed by atoms with Crippen LogP contribution in [-0.2, 0) is 20.7 Å². The Morgan fingerprint density at radius 2 is 2.00 bits per heavy atom. The van der Waals surface area contributed by atoms with Gasteiger partial charge in [-0.25, -0.2) is 4.98 Å². The highest BCUT2D eigenvalue weighted by Gasteiger charge is 2.20. The summed E-state index contributed by atoms with van der Waals surface area (Å²) in [5.74, 6) is -1.01. The smallest absolute Gasteiger partial charge is 0.312 e. The van der Waals surface area contributed by atoms with Gasteiger partial charge in [0.05, 0.1) is 17.7 Å². The number of carbonyl (C=O) groups excluding carboxylic acids is 2. The predicted molar refractivity (Wildman–Crippen MR) is 109 cm³/mol. The normalized spacial score (nSPS) is 11.5. The zero-order chi connectivity index (χ0) is 20.1. The van der Waals surface area contributed by atoms with E-state index in [4.69, 9.17) is 10.00 Å². The number of thiazole rings is 1. The fraction of sp³-hybridized carbons (Fsp3) is 0.200. The quantitative estimate of drug-likeness (QED) is 0.615. The zero-order valence-electron chi connectivity index (χ0n) is 15.3. The third-order valence-corrected chi connectivity index (χ3v) is 5.65. The number of nitrogens with one attached hydrogen (secondary N) is 1. The molecule has 0 unspecified atom stereocenters. The van der Waals surface area contributed by atoms with E-state index in [9.17, 15) is 9.59 Å². The number of nitriles is 1. The summed E-state index contributed by atoms with van der Waals surface area (Å²) in [4.78, 5) is 28.8. The van der Waals surface area contributed by atoms with Crippen LogP contribution in [0.15, 0.2) is 41.1 Å². The molecule has 0 spiro atoms. The number of nitrogens with zero attached hydrogens (tertiary/aromatic N) is 2. The average Bonchev–Trinajstić information content (AvgIpc) is 3.31. The Labute approximate surface area is 170 Å². The van der Waals surface area contributed by atoms with Gasteiger partial charge in [0.2, 0.25) is 0 Å². The molecule has 8 heteroatoms. The molecule has 6 nitrogen and oxygen atoms in total. The van der Waals surface area contributed by atoms with Gasteiger partial charge in [-0.05, 0) is 25.3 Å². The molecule has 0 bridgehead atoms. The van der Waals surface area contributed by atoms with Gasteiger partial charge in [-0.1, -0.05) is 29.8 Å². The van der Waals surface area contributed by atoms with Crippen molar-refractivity contribution in [3.05, 3.63) is 57.9 Å². The Kier molecular flexibility index (Phi) is 6.19. The number of rotatable bonds is 6. The van der Waals surface area contributed by atoms with Crippen LogP contribution in [0, 0.1) is 18.3 Å². The van der Waals surface area contributed by atoms with Crippen LogP contribution >= 0.6 is 22.7 Å². The minimum absolute atomic E-state index is 0.0115. The van der Waals surface area contributed by atoms with Gasteiger partial charge in [0.15, 0.2) is 6.10 Å². The summed E-state index contributed by atoms with van der Waals surface area (Å²) in [6.45, 7) is 3.51. The van der Waals surface area contributed by atoms with Crippen LogP contribution in [0.1, 0.15) is 23.7 Å². The second kappa shape index (κ2) is 8.78. The molecule has 0 fully saturated rings. The number of amides is 1. The Hall–Kier alpha value is -3.02. The minimum Gasteiger partial charge on any atom is -0.452 e. The number of hydrogen-bond donors (Lipinski definition) is 1. The van der Waals surface area contributed by atoms with Gasteiger partial charge in [-0.3, -0.25) is 9.59 Å². The Morgan fingerprint density at radius 3 is 2.71 bits per heavy atom. The van der Waals surface area contributed by atoms with Gasteiger partial charge >= 0.3 is 5.97 Å². The first-order valence-electron chi connectivity index (χ1n) is 8.45. The summed E-state index contributed by atoms with van der Waals surface area (Å²) < 4.78 is 5.20. The average molecular weight is 412 g/mol. The third-order valence-electron chi connectivity index (χ3n) is 3.88. The number of benzene rings is 1. The van der Waals surface area contributed by atoms with Crippen LogP contribution in [0.4, 0.5) is 5.00 Å². The highest BCUT2D eigenvalue weighted by Crippen LogP contribution is 2.25. The molecule has 142 valence electrons. The van der Waals surface area contributed by atoms with Crippen LogP contribution in [0.2, 0.25) is 0 Å². The second-order valence-corrected chi connectivity index (χ2v) is 7.86. The second-order valence-electron chi connectivity index (χ2n) is 6.08. The van der Waals surface area contributed by atoms with E-state index in [0.717, 1.165) is 10.6 Å². The molecular formula is C20H17N3O3S2. The summed E-state index contributed by atoms with van der Waals surface area (Å²) in [7, 11) is 0. The van der Waals surface area contributed by atoms with Crippen LogP contribution < -0.4 is 5.32 Å². The van der Waals surface area contributed by atoms with E-state index >= 15 is 0 Å². The van der Waals surface area contributed by atoms with Gasteiger partial charge in [0.25, 0.3) is 5.91 Å². The standard InChI is InChI=1S/C20H17N3O3S2/c1-12-3-5-14(6-4-12)19-22-16(11-28-19)9-17(24)26-13(2)18(25)23-20-15(10-21)7-8-27-20/h3-8,11,13H,9H2,1-2H3,(H,23,25)/t13-/m1/s1. The summed E-state index contributed by atoms with van der Waals surface area (Å²) in [6.07, 6.45) is -0.987. The van der Waals surface area contributed by atoms with Crippen molar-refractivity contribution in [1.82, 2.24) is 4.98 Å². The van der Waals surface area contributed by atoms with E-state index in [1.807, 2.05) is 42.6 Å². The first kappa shape index (κ1) is 19.7. The van der Waals surface area contributed by atoms with Crippen molar-refractivity contribution in [2.24, 2.45) is 0 Å². The maximum atomic E-state index is 12.2. The van der Waals surface area contributed by atoms with Crippen molar-refractivity contribution in [3.8, 4) is 16.6 Å². The Balaban J connectivity index is 1.56. The van der Waals surface area contributed by atoms with E-state index in [2.05, 4.69) is 10.3 Å². The van der Waals surface area contributed by atoms with Gasteiger partial charge in [0.1, 0.15) is 16.1 Å². The number of esters is 1. The van der Waals surface area contributed by atoms with Gasteiger partial charge in [0, 0.05) is 10.9 Å². The molecule has 0 radical (unpaired) electrons. The fourth-order valence-corrected chi connectivity index (χ4v) is 3.93. The molecule has 2 heterocycles. The van der Waals surface area contributed by atoms with E-state index in [-0.39, 0.29) is 6.42 Å². The fourth-order valence-electron chi connectivity index (χ4n) is 2.36. The molecule has 3 aromatic rings. The number of ether oxygens (including phenoxy) is 1. The lowest BCUT2D eigenvalue weighted by Crippen LogP contribution is -2.30. The monoisotopic (exact) mass is 411 g/mol. The summed E-state index contributed by atoms with van der Waals surface area (Å²) in [6, 6.07) is 11.6. The largest absolute Gasteiger partial charge is 0.452 e. The van der Waals surface area contributed by atoms with Gasteiger partial charge in [-0.2, -0.15) is 5.26 Å². The molecule has 0 saturated heterocycles. The topological polar surface area (TPSA) is 92.1 Å². The van der Waals surface area contributed by atoms with Crippen molar-refractivity contribution in [2.45, 2.75) is 26.4 Å². The highest BCUT2D eigenvalue weighted by molar-refractivity contribution is 7.14. The van der Waals surface area contributed by atoms with Crippen molar-refractivity contribution in [1.29, 1.82) is 5.26 Å². The maximum Gasteiger partial charge on any atom is 0.312 e. The molecule has 1 amide bonds. The molecule has 1 aromatic carbocycles. The summed E-state index contributed by atoms with van der Waals surface area (Å²) >= 11 is 2.69. The Morgan fingerprint density at radius 1 is 1.25 bits per heavy atom. The SMILES string of the molecule is Cc1ccc(-c2nc(CC(=O)O[C@H](C)C(=O)Nc3sccc3C#N)cs2)cc1. The highest BCUT2D eigenvalue weighted by atomic mass is 32.1. The number of aromatic nitrogens is 1. The van der Waals surface area contributed by atoms with Gasteiger partial charge in [-0.15, -0.1) is 22.7 Å². The number of hydrogen-bond acceptors (Lipinski definition) is 7. The molecule has 0 aliphatic rings.